The quantitative estimate of drug-likeness (QED) is 0.301. The van der Waals surface area contributed by atoms with Gasteiger partial charge in [0.1, 0.15) is 23.8 Å². The molecule has 0 radical (unpaired) electrons. The highest BCUT2D eigenvalue weighted by atomic mass is 79.9. The van der Waals surface area contributed by atoms with Gasteiger partial charge in [-0.25, -0.2) is 4.39 Å². The van der Waals surface area contributed by atoms with Crippen LogP contribution in [0.5, 0.6) is 0 Å². The van der Waals surface area contributed by atoms with E-state index in [2.05, 4.69) is 15.9 Å². The summed E-state index contributed by atoms with van der Waals surface area (Å²) in [7, 11) is 0.809. The first-order chi connectivity index (χ1) is 18.6. The molecule has 0 spiro atoms. The number of carbonyl (C=O) groups excluding carboxylic acids is 2. The maximum absolute atomic E-state index is 15.0. The molecule has 1 atom stereocenters. The van der Waals surface area contributed by atoms with E-state index in [-0.39, 0.29) is 39.4 Å². The third-order valence-corrected chi connectivity index (χ3v) is 6.71. The highest BCUT2D eigenvalue weighted by molar-refractivity contribution is 9.10. The van der Waals surface area contributed by atoms with Crippen molar-refractivity contribution in [2.75, 3.05) is 13.6 Å². The Morgan fingerprint density at radius 1 is 1.05 bits per heavy atom. The molecule has 1 unspecified atom stereocenters. The van der Waals surface area contributed by atoms with Crippen molar-refractivity contribution in [3.05, 3.63) is 74.2 Å². The molecule has 16 heteroatoms. The standard InChI is InChI=1S/C25H18BrClF10N2O2/c1-39(11-23(29,30)31)21(41)22(4-5-22)38-20(40)16-3-2-12(8-18(16)25(35,36)37)19(28)10-17(24(32,33)34)13-6-14(26)9-15(27)7-13/h2-3,6-10,17H,4-5,11H2,1H3,(H,38,40)/b19-10-. The molecule has 1 fully saturated rings. The third-order valence-electron chi connectivity index (χ3n) is 6.03. The van der Waals surface area contributed by atoms with Gasteiger partial charge in [0, 0.05) is 22.1 Å². The van der Waals surface area contributed by atoms with Crippen LogP contribution in [0.2, 0.25) is 5.02 Å². The van der Waals surface area contributed by atoms with Crippen LogP contribution in [0, 0.1) is 0 Å². The minimum Gasteiger partial charge on any atom is -0.338 e. The van der Waals surface area contributed by atoms with E-state index in [4.69, 9.17) is 11.6 Å². The van der Waals surface area contributed by atoms with Crippen LogP contribution in [-0.2, 0) is 11.0 Å². The number of allylic oxidation sites excluding steroid dienone is 1. The third kappa shape index (κ3) is 8.15. The Kier molecular flexibility index (Phi) is 9.14. The van der Waals surface area contributed by atoms with Crippen molar-refractivity contribution in [3.63, 3.8) is 0 Å². The van der Waals surface area contributed by atoms with Gasteiger partial charge in [-0.2, -0.15) is 39.5 Å². The van der Waals surface area contributed by atoms with Crippen molar-refractivity contribution in [3.8, 4) is 0 Å². The second-order valence-electron chi connectivity index (χ2n) is 9.31. The number of rotatable bonds is 7. The van der Waals surface area contributed by atoms with Crippen LogP contribution in [-0.4, -0.2) is 48.2 Å². The summed E-state index contributed by atoms with van der Waals surface area (Å²) in [4.78, 5) is 25.5. The van der Waals surface area contributed by atoms with Gasteiger partial charge in [-0.05, 0) is 54.8 Å². The molecule has 2 aromatic rings. The molecule has 2 amide bonds. The number of benzene rings is 2. The molecule has 0 saturated heterocycles. The van der Waals surface area contributed by atoms with E-state index in [1.54, 1.807) is 0 Å². The topological polar surface area (TPSA) is 49.4 Å². The van der Waals surface area contributed by atoms with E-state index in [0.717, 1.165) is 19.2 Å². The number of amides is 2. The first-order valence-corrected chi connectivity index (χ1v) is 12.6. The number of hydrogen-bond donors (Lipinski definition) is 1. The predicted molar refractivity (Wildman–Crippen MR) is 132 cm³/mol. The summed E-state index contributed by atoms with van der Waals surface area (Å²) >= 11 is 8.75. The molecule has 1 saturated carbocycles. The average molecular weight is 684 g/mol. The summed E-state index contributed by atoms with van der Waals surface area (Å²) in [5.74, 6) is -6.96. The maximum atomic E-state index is 15.0. The second kappa shape index (κ2) is 11.5. The van der Waals surface area contributed by atoms with Gasteiger partial charge >= 0.3 is 18.5 Å². The number of nitrogens with one attached hydrogen (secondary N) is 1. The first-order valence-electron chi connectivity index (χ1n) is 11.4. The minimum absolute atomic E-state index is 0.0572. The fourth-order valence-corrected chi connectivity index (χ4v) is 4.90. The number of halogens is 12. The summed E-state index contributed by atoms with van der Waals surface area (Å²) in [5.41, 5.74) is -6.16. The van der Waals surface area contributed by atoms with Crippen molar-refractivity contribution in [1.29, 1.82) is 0 Å². The molecule has 1 aliphatic rings. The smallest absolute Gasteiger partial charge is 0.338 e. The molecule has 1 aliphatic carbocycles. The molecule has 41 heavy (non-hydrogen) atoms. The fourth-order valence-electron chi connectivity index (χ4n) is 4.01. The molecule has 0 heterocycles. The zero-order chi connectivity index (χ0) is 31.1. The molecule has 3 rings (SSSR count). The molecule has 0 aromatic heterocycles. The molecule has 0 bridgehead atoms. The summed E-state index contributed by atoms with van der Waals surface area (Å²) in [6, 6.07) is 4.44. The Hall–Kier alpha value is -2.81. The highest BCUT2D eigenvalue weighted by Gasteiger charge is 2.54. The van der Waals surface area contributed by atoms with Crippen LogP contribution in [0.25, 0.3) is 5.83 Å². The molecular formula is C25H18BrClF10N2O2. The summed E-state index contributed by atoms with van der Waals surface area (Å²) < 4.78 is 136. The van der Waals surface area contributed by atoms with Crippen LogP contribution in [0.15, 0.2) is 46.9 Å². The van der Waals surface area contributed by atoms with E-state index in [1.165, 1.54) is 6.07 Å². The Morgan fingerprint density at radius 2 is 1.66 bits per heavy atom. The lowest BCUT2D eigenvalue weighted by Gasteiger charge is -2.25. The average Bonchev–Trinajstić information content (AvgIpc) is 3.58. The monoisotopic (exact) mass is 682 g/mol. The lowest BCUT2D eigenvalue weighted by molar-refractivity contribution is -0.160. The largest absolute Gasteiger partial charge is 0.417 e. The van der Waals surface area contributed by atoms with E-state index in [9.17, 15) is 49.1 Å². The first kappa shape index (κ1) is 32.7. The Morgan fingerprint density at radius 3 is 2.15 bits per heavy atom. The molecular weight excluding hydrogens is 666 g/mol. The van der Waals surface area contributed by atoms with Gasteiger partial charge in [-0.1, -0.05) is 33.6 Å². The predicted octanol–water partition coefficient (Wildman–Crippen LogP) is 8.06. The number of carbonyl (C=O) groups is 2. The summed E-state index contributed by atoms with van der Waals surface area (Å²) in [6.07, 6.45) is -15.4. The van der Waals surface area contributed by atoms with E-state index in [1.807, 2.05) is 5.32 Å². The molecule has 1 N–H and O–H groups in total. The van der Waals surface area contributed by atoms with Crippen molar-refractivity contribution < 1.29 is 53.5 Å². The van der Waals surface area contributed by atoms with Gasteiger partial charge in [0.2, 0.25) is 5.91 Å². The zero-order valence-electron chi connectivity index (χ0n) is 20.5. The number of likely N-dealkylation sites (N-methyl/N-ethyl adjacent to an activating group) is 1. The second-order valence-corrected chi connectivity index (χ2v) is 10.7. The van der Waals surface area contributed by atoms with Crippen molar-refractivity contribution in [2.24, 2.45) is 0 Å². The zero-order valence-corrected chi connectivity index (χ0v) is 22.9. The summed E-state index contributed by atoms with van der Waals surface area (Å²) in [6.45, 7) is -1.66. The van der Waals surface area contributed by atoms with Gasteiger partial charge < -0.3 is 10.2 Å². The fraction of sp³-hybridized carbons (Fsp3) is 0.360. The van der Waals surface area contributed by atoms with Gasteiger partial charge in [-0.15, -0.1) is 0 Å². The molecule has 0 aliphatic heterocycles. The SMILES string of the molecule is CN(CC(F)(F)F)C(=O)C1(NC(=O)c2ccc(/C(F)=C/C(c3cc(Cl)cc(Br)c3)C(F)(F)F)cc2C(F)(F)F)CC1. The van der Waals surface area contributed by atoms with Gasteiger partial charge in [0.25, 0.3) is 5.91 Å². The molecule has 2 aromatic carbocycles. The van der Waals surface area contributed by atoms with E-state index >= 15 is 4.39 Å². The van der Waals surface area contributed by atoms with Crippen LogP contribution >= 0.6 is 27.5 Å². The molecule has 4 nitrogen and oxygen atoms in total. The summed E-state index contributed by atoms with van der Waals surface area (Å²) in [5, 5.41) is 1.90. The Labute approximate surface area is 239 Å². The van der Waals surface area contributed by atoms with Crippen LogP contribution in [0.1, 0.15) is 45.8 Å². The Balaban J connectivity index is 1.96. The van der Waals surface area contributed by atoms with Gasteiger partial charge in [-0.3, -0.25) is 9.59 Å². The molecule has 224 valence electrons. The van der Waals surface area contributed by atoms with Gasteiger partial charge in [0.15, 0.2) is 0 Å². The van der Waals surface area contributed by atoms with Crippen LogP contribution < -0.4 is 5.32 Å². The number of hydrogen-bond acceptors (Lipinski definition) is 2. The van der Waals surface area contributed by atoms with Crippen molar-refractivity contribution >= 4 is 45.2 Å². The number of alkyl halides is 9. The minimum atomic E-state index is -5.31. The van der Waals surface area contributed by atoms with Crippen LogP contribution in [0.3, 0.4) is 0 Å². The normalized spacial score (nSPS) is 16.3. The van der Waals surface area contributed by atoms with Crippen molar-refractivity contribution in [1.82, 2.24) is 10.2 Å². The van der Waals surface area contributed by atoms with Crippen LogP contribution in [0.4, 0.5) is 43.9 Å². The van der Waals surface area contributed by atoms with E-state index < -0.39 is 76.4 Å². The Bertz CT molecular complexity index is 1350. The van der Waals surface area contributed by atoms with Gasteiger partial charge in [0.05, 0.1) is 11.1 Å². The highest BCUT2D eigenvalue weighted by Crippen LogP contribution is 2.42. The number of nitrogens with zero attached hydrogens (tertiary/aromatic N) is 1. The van der Waals surface area contributed by atoms with Crippen molar-refractivity contribution in [2.45, 2.75) is 42.8 Å². The lowest BCUT2D eigenvalue weighted by Crippen LogP contribution is -2.51. The maximum Gasteiger partial charge on any atom is 0.417 e. The van der Waals surface area contributed by atoms with E-state index in [0.29, 0.717) is 12.1 Å². The lowest BCUT2D eigenvalue weighted by atomic mass is 9.95.